The van der Waals surface area contributed by atoms with Crippen LogP contribution in [0.1, 0.15) is 10.8 Å². The summed E-state index contributed by atoms with van der Waals surface area (Å²) < 4.78 is 0. The molecule has 0 unspecified atom stereocenters. The lowest BCUT2D eigenvalue weighted by Crippen LogP contribution is -1.90. The summed E-state index contributed by atoms with van der Waals surface area (Å²) in [5, 5.41) is 0.979. The first kappa shape index (κ1) is 12.3. The van der Waals surface area contributed by atoms with Crippen molar-refractivity contribution >= 4 is 23.4 Å². The third-order valence-corrected chi connectivity index (χ3v) is 4.02. The van der Waals surface area contributed by atoms with Crippen molar-refractivity contribution in [1.82, 2.24) is 0 Å². The Balaban J connectivity index is 2.24. The van der Waals surface area contributed by atoms with E-state index in [1.165, 1.54) is 4.90 Å². The molecule has 0 aliphatic heterocycles. The third-order valence-electron chi connectivity index (χ3n) is 2.43. The molecule has 2 rings (SSSR count). The molecule has 17 heavy (non-hydrogen) atoms. The fourth-order valence-electron chi connectivity index (χ4n) is 1.59. The highest BCUT2D eigenvalue weighted by Gasteiger charge is 2.11. The van der Waals surface area contributed by atoms with Gasteiger partial charge in [-0.25, -0.2) is 0 Å². The van der Waals surface area contributed by atoms with Crippen LogP contribution >= 0.6 is 23.4 Å². The molecule has 0 saturated carbocycles. The monoisotopic (exact) mass is 260 g/mol. The SMILES string of the molecule is C=C[C@H](Sc1ccccc1)c1ccccc1Cl. The minimum Gasteiger partial charge on any atom is -0.114 e. The minimum atomic E-state index is 0.186. The summed E-state index contributed by atoms with van der Waals surface area (Å²) in [4.78, 5) is 1.22. The molecule has 2 heteroatoms. The van der Waals surface area contributed by atoms with Crippen LogP contribution in [0.3, 0.4) is 0 Å². The molecule has 0 radical (unpaired) electrons. The van der Waals surface area contributed by atoms with Gasteiger partial charge in [-0.3, -0.25) is 0 Å². The number of halogens is 1. The maximum atomic E-state index is 6.20. The van der Waals surface area contributed by atoms with Gasteiger partial charge in [0.1, 0.15) is 0 Å². The van der Waals surface area contributed by atoms with Crippen LogP contribution in [0.2, 0.25) is 5.02 Å². The zero-order valence-electron chi connectivity index (χ0n) is 9.34. The van der Waals surface area contributed by atoms with E-state index in [0.29, 0.717) is 0 Å². The van der Waals surface area contributed by atoms with Crippen LogP contribution in [-0.4, -0.2) is 0 Å². The first-order valence-corrected chi connectivity index (χ1v) is 6.65. The maximum absolute atomic E-state index is 6.20. The average Bonchev–Trinajstić information content (AvgIpc) is 2.38. The number of benzene rings is 2. The number of hydrogen-bond donors (Lipinski definition) is 0. The molecule has 2 aromatic carbocycles. The van der Waals surface area contributed by atoms with Crippen molar-refractivity contribution in [2.45, 2.75) is 10.1 Å². The Hall–Kier alpha value is -1.18. The molecule has 0 N–H and O–H groups in total. The molecule has 0 aliphatic rings. The smallest absolute Gasteiger partial charge is 0.0536 e. The van der Waals surface area contributed by atoms with Crippen molar-refractivity contribution in [3.8, 4) is 0 Å². The van der Waals surface area contributed by atoms with Crippen molar-refractivity contribution < 1.29 is 0 Å². The van der Waals surface area contributed by atoms with Gasteiger partial charge in [-0.1, -0.05) is 54.1 Å². The Morgan fingerprint density at radius 1 is 1.00 bits per heavy atom. The van der Waals surface area contributed by atoms with Crippen molar-refractivity contribution in [3.05, 3.63) is 77.8 Å². The van der Waals surface area contributed by atoms with Crippen molar-refractivity contribution in [1.29, 1.82) is 0 Å². The Morgan fingerprint density at radius 2 is 1.65 bits per heavy atom. The van der Waals surface area contributed by atoms with E-state index < -0.39 is 0 Å². The molecule has 0 fully saturated rings. The average molecular weight is 261 g/mol. The van der Waals surface area contributed by atoms with Crippen molar-refractivity contribution in [3.63, 3.8) is 0 Å². The standard InChI is InChI=1S/C15H13ClS/c1-2-15(13-10-6-7-11-14(13)16)17-12-8-4-3-5-9-12/h2-11,15H,1H2/t15-/m0/s1. The van der Waals surface area contributed by atoms with Gasteiger partial charge in [0.05, 0.1) is 5.25 Å². The molecule has 86 valence electrons. The summed E-state index contributed by atoms with van der Waals surface area (Å²) in [5.41, 5.74) is 1.11. The van der Waals surface area contributed by atoms with Crippen molar-refractivity contribution in [2.75, 3.05) is 0 Å². The Morgan fingerprint density at radius 3 is 2.29 bits per heavy atom. The fourth-order valence-corrected chi connectivity index (χ4v) is 2.94. The zero-order chi connectivity index (χ0) is 12.1. The first-order chi connectivity index (χ1) is 8.31. The second kappa shape index (κ2) is 5.95. The van der Waals surface area contributed by atoms with Gasteiger partial charge in [0.25, 0.3) is 0 Å². The van der Waals surface area contributed by atoms with Gasteiger partial charge in [-0.2, -0.15) is 0 Å². The summed E-state index contributed by atoms with van der Waals surface area (Å²) in [5.74, 6) is 0. The summed E-state index contributed by atoms with van der Waals surface area (Å²) in [6.45, 7) is 3.90. The molecule has 1 atom stereocenters. The molecule has 0 heterocycles. The van der Waals surface area contributed by atoms with Crippen LogP contribution in [0.25, 0.3) is 0 Å². The van der Waals surface area contributed by atoms with E-state index in [1.54, 1.807) is 11.8 Å². The van der Waals surface area contributed by atoms with Crippen LogP contribution in [0.4, 0.5) is 0 Å². The largest absolute Gasteiger partial charge is 0.114 e. The highest BCUT2D eigenvalue weighted by Crippen LogP contribution is 2.38. The summed E-state index contributed by atoms with van der Waals surface area (Å²) in [7, 11) is 0. The predicted octanol–water partition coefficient (Wildman–Crippen LogP) is 5.36. The van der Waals surface area contributed by atoms with E-state index >= 15 is 0 Å². The topological polar surface area (TPSA) is 0 Å². The summed E-state index contributed by atoms with van der Waals surface area (Å²) in [6.07, 6.45) is 1.93. The van der Waals surface area contributed by atoms with Crippen LogP contribution in [0.15, 0.2) is 72.1 Å². The summed E-state index contributed by atoms with van der Waals surface area (Å²) >= 11 is 7.96. The lowest BCUT2D eigenvalue weighted by atomic mass is 10.1. The fraction of sp³-hybridized carbons (Fsp3) is 0.0667. The van der Waals surface area contributed by atoms with Crippen molar-refractivity contribution in [2.24, 2.45) is 0 Å². The van der Waals surface area contributed by atoms with Gasteiger partial charge in [0.2, 0.25) is 0 Å². The molecular weight excluding hydrogens is 248 g/mol. The molecule has 0 bridgehead atoms. The minimum absolute atomic E-state index is 0.186. The van der Waals surface area contributed by atoms with Gasteiger partial charge in [0, 0.05) is 9.92 Å². The normalized spacial score (nSPS) is 12.1. The first-order valence-electron chi connectivity index (χ1n) is 5.40. The van der Waals surface area contributed by atoms with Gasteiger partial charge in [-0.15, -0.1) is 18.3 Å². The van der Waals surface area contributed by atoms with Crippen LogP contribution in [0.5, 0.6) is 0 Å². The second-order valence-electron chi connectivity index (χ2n) is 3.61. The van der Waals surface area contributed by atoms with Gasteiger partial charge in [-0.05, 0) is 23.8 Å². The van der Waals surface area contributed by atoms with E-state index in [2.05, 4.69) is 18.7 Å². The predicted molar refractivity (Wildman–Crippen MR) is 76.7 cm³/mol. The van der Waals surface area contributed by atoms with E-state index in [-0.39, 0.29) is 5.25 Å². The van der Waals surface area contributed by atoms with E-state index in [4.69, 9.17) is 11.6 Å². The van der Waals surface area contributed by atoms with Crippen LogP contribution in [0, 0.1) is 0 Å². The van der Waals surface area contributed by atoms with Crippen LogP contribution < -0.4 is 0 Å². The van der Waals surface area contributed by atoms with Gasteiger partial charge < -0.3 is 0 Å². The highest BCUT2D eigenvalue weighted by molar-refractivity contribution is 7.99. The Kier molecular flexibility index (Phi) is 4.29. The Labute approximate surface area is 111 Å². The lowest BCUT2D eigenvalue weighted by Gasteiger charge is -2.14. The molecule has 0 nitrogen and oxygen atoms in total. The van der Waals surface area contributed by atoms with E-state index in [1.807, 2.05) is 48.5 Å². The van der Waals surface area contributed by atoms with Gasteiger partial charge >= 0.3 is 0 Å². The van der Waals surface area contributed by atoms with E-state index in [9.17, 15) is 0 Å². The molecule has 0 aliphatic carbocycles. The Bertz CT molecular complexity index is 493. The highest BCUT2D eigenvalue weighted by atomic mass is 35.5. The third kappa shape index (κ3) is 3.15. The number of thioether (sulfide) groups is 1. The molecule has 0 spiro atoms. The van der Waals surface area contributed by atoms with Crippen LogP contribution in [-0.2, 0) is 0 Å². The molecule has 0 aromatic heterocycles. The van der Waals surface area contributed by atoms with Gasteiger partial charge in [0.15, 0.2) is 0 Å². The second-order valence-corrected chi connectivity index (χ2v) is 5.23. The lowest BCUT2D eigenvalue weighted by molar-refractivity contribution is 1.22. The number of hydrogen-bond acceptors (Lipinski definition) is 1. The zero-order valence-corrected chi connectivity index (χ0v) is 10.9. The van der Waals surface area contributed by atoms with E-state index in [0.717, 1.165) is 10.6 Å². The molecule has 2 aromatic rings. The maximum Gasteiger partial charge on any atom is 0.0536 e. The molecule has 0 amide bonds. The quantitative estimate of drug-likeness (QED) is 0.527. The molecular formula is C15H13ClS. The number of rotatable bonds is 4. The molecule has 0 saturated heterocycles. The summed E-state index contributed by atoms with van der Waals surface area (Å²) in [6, 6.07) is 18.2.